The zero-order valence-corrected chi connectivity index (χ0v) is 22.4. The molecule has 5 nitrogen and oxygen atoms in total. The lowest BCUT2D eigenvalue weighted by atomic mass is 9.79. The van der Waals surface area contributed by atoms with Crippen molar-refractivity contribution in [1.29, 1.82) is 0 Å². The molecule has 0 radical (unpaired) electrons. The van der Waals surface area contributed by atoms with Gasteiger partial charge in [0.05, 0.1) is 23.8 Å². The van der Waals surface area contributed by atoms with Crippen LogP contribution in [0.1, 0.15) is 59.5 Å². The zero-order valence-electron chi connectivity index (χ0n) is 22.4. The molecule has 0 saturated carbocycles. The minimum absolute atomic E-state index is 0.0637. The molecular formula is C28H32F7N3O2. The van der Waals surface area contributed by atoms with Crippen molar-refractivity contribution in [3.63, 3.8) is 0 Å². The molecule has 2 saturated heterocycles. The van der Waals surface area contributed by atoms with Crippen molar-refractivity contribution >= 4 is 6.03 Å². The van der Waals surface area contributed by atoms with Gasteiger partial charge in [-0.3, -0.25) is 0 Å². The molecule has 0 bridgehead atoms. The summed E-state index contributed by atoms with van der Waals surface area (Å²) in [6, 6.07) is 4.76. The molecule has 2 amide bonds. The van der Waals surface area contributed by atoms with Crippen LogP contribution in [0.5, 0.6) is 0 Å². The molecule has 3 atom stereocenters. The number of carbonyl (C=O) groups excluding carboxylic acids is 1. The Labute approximate surface area is 228 Å². The first kappa shape index (κ1) is 30.1. The number of aryl methyl sites for hydroxylation is 1. The topological polar surface area (TPSA) is 44.8 Å². The molecule has 4 rings (SSSR count). The number of methoxy groups -OCH3 is 1. The molecule has 2 aliphatic rings. The van der Waals surface area contributed by atoms with Gasteiger partial charge in [-0.15, -0.1) is 0 Å². The van der Waals surface area contributed by atoms with Crippen LogP contribution in [0, 0.1) is 12.7 Å². The van der Waals surface area contributed by atoms with E-state index in [1.807, 2.05) is 0 Å². The maximum atomic E-state index is 13.9. The first-order chi connectivity index (χ1) is 18.6. The minimum atomic E-state index is -4.99. The van der Waals surface area contributed by atoms with Crippen LogP contribution >= 0.6 is 0 Å². The summed E-state index contributed by atoms with van der Waals surface area (Å²) in [5.41, 5.74) is -2.07. The van der Waals surface area contributed by atoms with E-state index in [1.165, 1.54) is 19.2 Å². The Morgan fingerprint density at radius 1 is 1.07 bits per heavy atom. The summed E-state index contributed by atoms with van der Waals surface area (Å²) in [4.78, 5) is 16.4. The number of hydrogen-bond acceptors (Lipinski definition) is 3. The summed E-state index contributed by atoms with van der Waals surface area (Å²) >= 11 is 0. The minimum Gasteiger partial charge on any atom is -0.383 e. The second-order valence-corrected chi connectivity index (χ2v) is 10.8. The van der Waals surface area contributed by atoms with Gasteiger partial charge in [-0.05, 0) is 79.6 Å². The fourth-order valence-corrected chi connectivity index (χ4v) is 5.98. The van der Waals surface area contributed by atoms with Gasteiger partial charge < -0.3 is 19.9 Å². The molecule has 2 heterocycles. The van der Waals surface area contributed by atoms with Gasteiger partial charge in [0, 0.05) is 38.8 Å². The molecule has 2 fully saturated rings. The van der Waals surface area contributed by atoms with Gasteiger partial charge in [-0.1, -0.05) is 6.07 Å². The van der Waals surface area contributed by atoms with Gasteiger partial charge in [-0.2, -0.15) is 26.3 Å². The molecule has 2 aromatic carbocycles. The number of alkyl halides is 6. The SMILES string of the molecule is COC[C@H]1CC[C@@]2(CCN(C(=O)N(C)Cc3cc(C(F)(F)F)cc(C(F)(F)F)c3)[C@@H](c3ccc(F)cc3C)C2)N1. The highest BCUT2D eigenvalue weighted by molar-refractivity contribution is 5.75. The Morgan fingerprint density at radius 3 is 2.30 bits per heavy atom. The molecule has 2 aromatic rings. The van der Waals surface area contributed by atoms with Crippen molar-refractivity contribution in [3.05, 3.63) is 70.0 Å². The van der Waals surface area contributed by atoms with Crippen molar-refractivity contribution in [1.82, 2.24) is 15.1 Å². The average Bonchev–Trinajstić information content (AvgIpc) is 3.24. The average molecular weight is 576 g/mol. The third-order valence-electron chi connectivity index (χ3n) is 7.87. The van der Waals surface area contributed by atoms with Crippen molar-refractivity contribution in [2.24, 2.45) is 0 Å². The molecule has 40 heavy (non-hydrogen) atoms. The molecule has 0 aromatic heterocycles. The van der Waals surface area contributed by atoms with Crippen molar-refractivity contribution < 1.29 is 40.3 Å². The van der Waals surface area contributed by atoms with Crippen molar-refractivity contribution in [2.75, 3.05) is 27.3 Å². The fraction of sp³-hybridized carbons (Fsp3) is 0.536. The molecule has 2 aliphatic heterocycles. The zero-order chi connectivity index (χ0) is 29.5. The molecular weight excluding hydrogens is 543 g/mol. The first-order valence-electron chi connectivity index (χ1n) is 12.9. The quantitative estimate of drug-likeness (QED) is 0.404. The smallest absolute Gasteiger partial charge is 0.383 e. The number of nitrogens with zero attached hydrogens (tertiary/aromatic N) is 2. The second kappa shape index (κ2) is 11.2. The summed E-state index contributed by atoms with van der Waals surface area (Å²) in [6.45, 7) is 2.11. The van der Waals surface area contributed by atoms with Crippen molar-refractivity contribution in [2.45, 2.75) is 69.1 Å². The lowest BCUT2D eigenvalue weighted by molar-refractivity contribution is -0.143. The molecule has 220 valence electrons. The van der Waals surface area contributed by atoms with E-state index < -0.39 is 47.9 Å². The largest absolute Gasteiger partial charge is 0.416 e. The number of carbonyl (C=O) groups is 1. The third kappa shape index (κ3) is 6.54. The number of halogens is 7. The summed E-state index contributed by atoms with van der Waals surface area (Å²) in [6.07, 6.45) is -7.12. The van der Waals surface area contributed by atoms with Gasteiger partial charge in [-0.25, -0.2) is 9.18 Å². The number of nitrogens with one attached hydrogen (secondary N) is 1. The fourth-order valence-electron chi connectivity index (χ4n) is 5.98. The Balaban J connectivity index is 1.62. The number of piperidine rings is 1. The van der Waals surface area contributed by atoms with E-state index in [2.05, 4.69) is 5.32 Å². The molecule has 0 aliphatic carbocycles. The monoisotopic (exact) mass is 575 g/mol. The summed E-state index contributed by atoms with van der Waals surface area (Å²) in [5, 5.41) is 3.64. The van der Waals surface area contributed by atoms with E-state index in [-0.39, 0.29) is 23.2 Å². The van der Waals surface area contributed by atoms with Gasteiger partial charge >= 0.3 is 18.4 Å². The van der Waals surface area contributed by atoms with E-state index in [1.54, 1.807) is 25.0 Å². The van der Waals surface area contributed by atoms with Gasteiger partial charge in [0.25, 0.3) is 0 Å². The first-order valence-corrected chi connectivity index (χ1v) is 12.9. The number of amides is 2. The number of ether oxygens (including phenoxy) is 1. The van der Waals surface area contributed by atoms with Crippen LogP contribution < -0.4 is 5.32 Å². The van der Waals surface area contributed by atoms with Crippen LogP contribution in [-0.2, 0) is 23.6 Å². The van der Waals surface area contributed by atoms with Gasteiger partial charge in [0.2, 0.25) is 0 Å². The van der Waals surface area contributed by atoms with E-state index in [4.69, 9.17) is 4.74 Å². The molecule has 12 heteroatoms. The molecule has 1 spiro atoms. The second-order valence-electron chi connectivity index (χ2n) is 10.8. The molecule has 1 N–H and O–H groups in total. The van der Waals surface area contributed by atoms with Crippen LogP contribution in [0.4, 0.5) is 35.5 Å². The highest BCUT2D eigenvalue weighted by Gasteiger charge is 2.47. The van der Waals surface area contributed by atoms with E-state index in [0.29, 0.717) is 43.7 Å². The standard InChI is InChI=1S/C28H32F7N3O2/c1-17-10-21(29)4-5-23(17)24-14-26(7-6-22(36-26)16-40-3)8-9-38(24)25(39)37(2)15-18-11-19(27(30,31)32)13-20(12-18)28(33,34)35/h4-5,10-13,22,24,36H,6-9,14-16H2,1-3H3/t22-,24-,26+/m1/s1. The van der Waals surface area contributed by atoms with Gasteiger partial charge in [0.1, 0.15) is 5.82 Å². The predicted octanol–water partition coefficient (Wildman–Crippen LogP) is 6.70. The highest BCUT2D eigenvalue weighted by Crippen LogP contribution is 2.44. The Bertz CT molecular complexity index is 1200. The van der Waals surface area contributed by atoms with E-state index in [0.717, 1.165) is 23.3 Å². The van der Waals surface area contributed by atoms with Crippen molar-refractivity contribution in [3.8, 4) is 0 Å². The van der Waals surface area contributed by atoms with E-state index in [9.17, 15) is 35.5 Å². The summed E-state index contributed by atoms with van der Waals surface area (Å²) in [7, 11) is 2.97. The van der Waals surface area contributed by atoms with E-state index >= 15 is 0 Å². The highest BCUT2D eigenvalue weighted by atomic mass is 19.4. The van der Waals surface area contributed by atoms with Crippen LogP contribution in [0.15, 0.2) is 36.4 Å². The Morgan fingerprint density at radius 2 is 1.73 bits per heavy atom. The van der Waals surface area contributed by atoms with Crippen LogP contribution in [-0.4, -0.2) is 54.7 Å². The maximum Gasteiger partial charge on any atom is 0.416 e. The number of benzene rings is 2. The van der Waals surface area contributed by atoms with Gasteiger partial charge in [0.15, 0.2) is 0 Å². The number of hydrogen-bond donors (Lipinski definition) is 1. The van der Waals surface area contributed by atoms with Crippen LogP contribution in [0.2, 0.25) is 0 Å². The van der Waals surface area contributed by atoms with Crippen LogP contribution in [0.25, 0.3) is 0 Å². The summed E-state index contributed by atoms with van der Waals surface area (Å²) in [5.74, 6) is -0.425. The third-order valence-corrected chi connectivity index (χ3v) is 7.87. The lowest BCUT2D eigenvalue weighted by Crippen LogP contribution is -2.56. The summed E-state index contributed by atoms with van der Waals surface area (Å²) < 4.78 is 99.3. The lowest BCUT2D eigenvalue weighted by Gasteiger charge is -2.47. The maximum absolute atomic E-state index is 13.9. The number of rotatable bonds is 5. The Hall–Kier alpha value is -2.86. The van der Waals surface area contributed by atoms with Crippen LogP contribution in [0.3, 0.4) is 0 Å². The number of urea groups is 1. The Kier molecular flexibility index (Phi) is 8.43. The molecule has 0 unspecified atom stereocenters. The normalized spacial score (nSPS) is 23.6. The number of likely N-dealkylation sites (tertiary alicyclic amines) is 1. The predicted molar refractivity (Wildman–Crippen MR) is 134 cm³/mol.